The second kappa shape index (κ2) is 6.88. The van der Waals surface area contributed by atoms with E-state index in [0.29, 0.717) is 6.10 Å². The smallest absolute Gasteiger partial charge is 0.0674 e. The molecule has 1 saturated heterocycles. The van der Waals surface area contributed by atoms with Crippen LogP contribution in [-0.2, 0) is 17.8 Å². The maximum atomic E-state index is 5.66. The normalized spacial score (nSPS) is 20.2. The molecule has 114 valence electrons. The number of fused-ring (bicyclic) bond motifs is 1. The van der Waals surface area contributed by atoms with Gasteiger partial charge in [0.15, 0.2) is 0 Å². The fourth-order valence-corrected chi connectivity index (χ4v) is 4.15. The first-order valence-electron chi connectivity index (χ1n) is 7.82. The van der Waals surface area contributed by atoms with Gasteiger partial charge in [0.25, 0.3) is 0 Å². The molecule has 3 nitrogen and oxygen atoms in total. The molecule has 0 radical (unpaired) electrons. The Hall–Kier alpha value is -0.940. The highest BCUT2D eigenvalue weighted by molar-refractivity contribution is 7.19. The Balaban J connectivity index is 1.87. The highest BCUT2D eigenvalue weighted by Gasteiger charge is 2.20. The lowest BCUT2D eigenvalue weighted by atomic mass is 10.1. The van der Waals surface area contributed by atoms with Crippen LogP contribution in [0.4, 0.5) is 0 Å². The lowest BCUT2D eigenvalue weighted by molar-refractivity contribution is -0.0211. The molecule has 1 fully saturated rings. The largest absolute Gasteiger partial charge is 0.376 e. The molecule has 1 aliphatic rings. The standard InChI is InChI=1S/C17H24N2OS/c1-3-18-10-17-15(12-19-8-9-20-13(2)11-19)14-6-4-5-7-16(14)21-17/h4-7,13,18H,3,8-12H2,1-2H3. The minimum atomic E-state index is 0.348. The SMILES string of the molecule is CCNCc1sc2ccccc2c1CN1CCOC(C)C1. The number of benzene rings is 1. The fourth-order valence-electron chi connectivity index (χ4n) is 2.96. The van der Waals surface area contributed by atoms with E-state index in [0.717, 1.165) is 39.3 Å². The lowest BCUT2D eigenvalue weighted by Gasteiger charge is -2.31. The molecule has 0 aliphatic carbocycles. The molecule has 2 heterocycles. The number of ether oxygens (including phenoxy) is 1. The maximum Gasteiger partial charge on any atom is 0.0674 e. The number of morpholine rings is 1. The Labute approximate surface area is 130 Å². The molecular weight excluding hydrogens is 280 g/mol. The summed E-state index contributed by atoms with van der Waals surface area (Å²) < 4.78 is 7.06. The van der Waals surface area contributed by atoms with Crippen molar-refractivity contribution in [2.75, 3.05) is 26.2 Å². The molecule has 1 unspecified atom stereocenters. The van der Waals surface area contributed by atoms with Crippen molar-refractivity contribution in [2.24, 2.45) is 0 Å². The summed E-state index contributed by atoms with van der Waals surface area (Å²) in [5, 5.41) is 4.90. The molecule has 1 atom stereocenters. The van der Waals surface area contributed by atoms with Gasteiger partial charge in [0, 0.05) is 35.8 Å². The molecule has 0 bridgehead atoms. The first-order chi connectivity index (χ1) is 10.3. The van der Waals surface area contributed by atoms with E-state index in [1.165, 1.54) is 20.5 Å². The monoisotopic (exact) mass is 304 g/mol. The molecule has 1 aliphatic heterocycles. The highest BCUT2D eigenvalue weighted by Crippen LogP contribution is 2.32. The number of hydrogen-bond donors (Lipinski definition) is 1. The minimum Gasteiger partial charge on any atom is -0.376 e. The summed E-state index contributed by atoms with van der Waals surface area (Å²) in [6, 6.07) is 8.79. The van der Waals surface area contributed by atoms with Gasteiger partial charge in [0.2, 0.25) is 0 Å². The van der Waals surface area contributed by atoms with Crippen LogP contribution in [0.3, 0.4) is 0 Å². The average molecular weight is 304 g/mol. The van der Waals surface area contributed by atoms with Crippen LogP contribution < -0.4 is 5.32 Å². The molecule has 0 saturated carbocycles. The van der Waals surface area contributed by atoms with Gasteiger partial charge in [0.1, 0.15) is 0 Å². The zero-order chi connectivity index (χ0) is 14.7. The van der Waals surface area contributed by atoms with Crippen molar-refractivity contribution in [2.45, 2.75) is 33.0 Å². The average Bonchev–Trinajstić information content (AvgIpc) is 2.83. The van der Waals surface area contributed by atoms with Crippen molar-refractivity contribution in [3.05, 3.63) is 34.7 Å². The van der Waals surface area contributed by atoms with Crippen LogP contribution in [0.2, 0.25) is 0 Å². The van der Waals surface area contributed by atoms with Crippen molar-refractivity contribution >= 4 is 21.4 Å². The van der Waals surface area contributed by atoms with Crippen molar-refractivity contribution in [1.29, 1.82) is 0 Å². The lowest BCUT2D eigenvalue weighted by Crippen LogP contribution is -2.40. The van der Waals surface area contributed by atoms with Gasteiger partial charge in [-0.15, -0.1) is 11.3 Å². The Bertz CT molecular complexity index is 595. The molecule has 1 N–H and O–H groups in total. The van der Waals surface area contributed by atoms with Gasteiger partial charge < -0.3 is 10.1 Å². The Morgan fingerprint density at radius 2 is 2.24 bits per heavy atom. The molecule has 21 heavy (non-hydrogen) atoms. The number of nitrogens with zero attached hydrogens (tertiary/aromatic N) is 1. The van der Waals surface area contributed by atoms with E-state index in [1.807, 2.05) is 11.3 Å². The molecule has 3 rings (SSSR count). The summed E-state index contributed by atoms with van der Waals surface area (Å²) in [4.78, 5) is 4.01. The van der Waals surface area contributed by atoms with Crippen molar-refractivity contribution in [1.82, 2.24) is 10.2 Å². The van der Waals surface area contributed by atoms with Crippen LogP contribution in [0.15, 0.2) is 24.3 Å². The molecule has 0 amide bonds. The third kappa shape index (κ3) is 3.46. The van der Waals surface area contributed by atoms with E-state index in [9.17, 15) is 0 Å². The van der Waals surface area contributed by atoms with Gasteiger partial charge in [-0.1, -0.05) is 25.1 Å². The van der Waals surface area contributed by atoms with Crippen LogP contribution in [-0.4, -0.2) is 37.2 Å². The fraction of sp³-hybridized carbons (Fsp3) is 0.529. The predicted octanol–water partition coefficient (Wildman–Crippen LogP) is 3.23. The second-order valence-corrected chi connectivity index (χ2v) is 6.83. The molecule has 0 spiro atoms. The van der Waals surface area contributed by atoms with E-state index >= 15 is 0 Å². The van der Waals surface area contributed by atoms with Crippen molar-refractivity contribution < 1.29 is 4.74 Å². The maximum absolute atomic E-state index is 5.66. The summed E-state index contributed by atoms with van der Waals surface area (Å²) in [6.45, 7) is 10.3. The second-order valence-electron chi connectivity index (χ2n) is 5.70. The third-order valence-corrected chi connectivity index (χ3v) is 5.24. The number of hydrogen-bond acceptors (Lipinski definition) is 4. The zero-order valence-corrected chi connectivity index (χ0v) is 13.7. The van der Waals surface area contributed by atoms with Crippen LogP contribution in [0, 0.1) is 0 Å². The highest BCUT2D eigenvalue weighted by atomic mass is 32.1. The molecule has 1 aromatic carbocycles. The van der Waals surface area contributed by atoms with Gasteiger partial charge >= 0.3 is 0 Å². The molecule has 4 heteroatoms. The van der Waals surface area contributed by atoms with E-state index in [4.69, 9.17) is 4.74 Å². The summed E-state index contributed by atoms with van der Waals surface area (Å²) in [6.07, 6.45) is 0.348. The van der Waals surface area contributed by atoms with Crippen LogP contribution in [0.5, 0.6) is 0 Å². The number of nitrogens with one attached hydrogen (secondary N) is 1. The van der Waals surface area contributed by atoms with Gasteiger partial charge in [-0.3, -0.25) is 4.90 Å². The van der Waals surface area contributed by atoms with Crippen LogP contribution in [0.1, 0.15) is 24.3 Å². The van der Waals surface area contributed by atoms with Crippen molar-refractivity contribution in [3.63, 3.8) is 0 Å². The summed E-state index contributed by atoms with van der Waals surface area (Å²) in [7, 11) is 0. The van der Waals surface area contributed by atoms with E-state index in [1.54, 1.807) is 0 Å². The summed E-state index contributed by atoms with van der Waals surface area (Å²) in [5.41, 5.74) is 1.51. The summed E-state index contributed by atoms with van der Waals surface area (Å²) in [5.74, 6) is 0. The first-order valence-corrected chi connectivity index (χ1v) is 8.63. The van der Waals surface area contributed by atoms with Gasteiger partial charge in [-0.2, -0.15) is 0 Å². The molecular formula is C17H24N2OS. The van der Waals surface area contributed by atoms with Gasteiger partial charge in [-0.05, 0) is 30.5 Å². The van der Waals surface area contributed by atoms with Gasteiger partial charge in [0.05, 0.1) is 12.7 Å². The minimum absolute atomic E-state index is 0.348. The quantitative estimate of drug-likeness (QED) is 0.918. The molecule has 2 aromatic rings. The van der Waals surface area contributed by atoms with Crippen LogP contribution >= 0.6 is 11.3 Å². The van der Waals surface area contributed by atoms with Gasteiger partial charge in [-0.25, -0.2) is 0 Å². The topological polar surface area (TPSA) is 24.5 Å². The molecule has 1 aromatic heterocycles. The number of rotatable bonds is 5. The van der Waals surface area contributed by atoms with E-state index < -0.39 is 0 Å². The van der Waals surface area contributed by atoms with Crippen LogP contribution in [0.25, 0.3) is 10.1 Å². The third-order valence-electron chi connectivity index (χ3n) is 4.02. The van der Waals surface area contributed by atoms with Crippen molar-refractivity contribution in [3.8, 4) is 0 Å². The number of thiophene rings is 1. The van der Waals surface area contributed by atoms with E-state index in [2.05, 4.69) is 48.3 Å². The van der Waals surface area contributed by atoms with E-state index in [-0.39, 0.29) is 0 Å². The first kappa shape index (κ1) is 15.0. The Morgan fingerprint density at radius 3 is 3.05 bits per heavy atom. The Kier molecular flexibility index (Phi) is 4.91. The summed E-state index contributed by atoms with van der Waals surface area (Å²) >= 11 is 1.93. The zero-order valence-electron chi connectivity index (χ0n) is 12.9. The predicted molar refractivity (Wildman–Crippen MR) is 89.9 cm³/mol. The Morgan fingerprint density at radius 1 is 1.38 bits per heavy atom.